The molecule has 2 aliphatic rings. The van der Waals surface area contributed by atoms with Gasteiger partial charge in [0.05, 0.1) is 11.1 Å². The lowest BCUT2D eigenvalue weighted by Crippen LogP contribution is -2.40. The number of nitrogens with one attached hydrogen (secondary N) is 1. The normalized spacial score (nSPS) is 23.5. The van der Waals surface area contributed by atoms with Crippen molar-refractivity contribution >= 4 is 28.5 Å². The number of amides is 1. The number of pyridine rings is 1. The highest BCUT2D eigenvalue weighted by atomic mass is 32.2. The first kappa shape index (κ1) is 20.4. The summed E-state index contributed by atoms with van der Waals surface area (Å²) in [4.78, 5) is 21.4. The topological polar surface area (TPSA) is 104 Å². The van der Waals surface area contributed by atoms with E-state index in [2.05, 4.69) is 10.3 Å². The summed E-state index contributed by atoms with van der Waals surface area (Å²) in [5, 5.41) is 12.1. The Kier molecular flexibility index (Phi) is 5.73. The smallest absolute Gasteiger partial charge is 0.274 e. The maximum Gasteiger partial charge on any atom is 0.274 e. The van der Waals surface area contributed by atoms with E-state index in [-0.39, 0.29) is 17.4 Å². The zero-order chi connectivity index (χ0) is 21.1. The maximum absolute atomic E-state index is 15.1. The number of aromatic nitrogens is 1. The van der Waals surface area contributed by atoms with Gasteiger partial charge in [-0.05, 0) is 49.1 Å². The van der Waals surface area contributed by atoms with Gasteiger partial charge in [-0.25, -0.2) is 9.37 Å². The molecule has 1 saturated carbocycles. The van der Waals surface area contributed by atoms with E-state index >= 15 is 4.39 Å². The molecule has 0 bridgehead atoms. The molecule has 3 N–H and O–H groups in total. The Balaban J connectivity index is 1.67. The molecule has 2 atom stereocenters. The van der Waals surface area contributed by atoms with Crippen molar-refractivity contribution in [1.82, 2.24) is 4.98 Å². The molecular formula is C22H22FN5OS. The Morgan fingerprint density at radius 2 is 2.17 bits per heavy atom. The lowest BCUT2D eigenvalue weighted by atomic mass is 9.75. The molecule has 0 radical (unpaired) electrons. The third-order valence-corrected chi connectivity index (χ3v) is 6.80. The van der Waals surface area contributed by atoms with Gasteiger partial charge in [0, 0.05) is 23.2 Å². The lowest BCUT2D eigenvalue weighted by molar-refractivity contribution is 0.102. The molecule has 2 heterocycles. The van der Waals surface area contributed by atoms with E-state index in [1.807, 2.05) is 6.07 Å². The van der Waals surface area contributed by atoms with Crippen molar-refractivity contribution in [1.29, 1.82) is 5.26 Å². The number of carbonyl (C=O) groups excluding carboxylic acids is 1. The number of rotatable bonds is 3. The third kappa shape index (κ3) is 3.90. The number of nitriles is 1. The Morgan fingerprint density at radius 1 is 1.30 bits per heavy atom. The van der Waals surface area contributed by atoms with E-state index in [1.54, 1.807) is 6.07 Å². The fourth-order valence-corrected chi connectivity index (χ4v) is 5.37. The highest BCUT2D eigenvalue weighted by Gasteiger charge is 2.45. The van der Waals surface area contributed by atoms with Gasteiger partial charge >= 0.3 is 0 Å². The van der Waals surface area contributed by atoms with Crippen LogP contribution in [0, 0.1) is 23.1 Å². The van der Waals surface area contributed by atoms with Crippen LogP contribution in [0.4, 0.5) is 10.1 Å². The molecular weight excluding hydrogens is 401 g/mol. The number of carbonyl (C=O) groups is 1. The molecule has 1 aromatic carbocycles. The fourth-order valence-electron chi connectivity index (χ4n) is 4.33. The molecule has 1 aromatic heterocycles. The number of halogens is 1. The second-order valence-electron chi connectivity index (χ2n) is 7.67. The Morgan fingerprint density at radius 3 is 2.93 bits per heavy atom. The van der Waals surface area contributed by atoms with Crippen molar-refractivity contribution in [3.05, 3.63) is 59.2 Å². The fraction of sp³-hybridized carbons (Fsp3) is 0.364. The molecule has 0 unspecified atom stereocenters. The minimum Gasteiger partial charge on any atom is -0.379 e. The number of hydrogen-bond donors (Lipinski definition) is 2. The van der Waals surface area contributed by atoms with Gasteiger partial charge in [-0.15, -0.1) is 0 Å². The van der Waals surface area contributed by atoms with Gasteiger partial charge in [0.1, 0.15) is 17.6 Å². The average Bonchev–Trinajstić information content (AvgIpc) is 2.97. The molecule has 0 spiro atoms. The van der Waals surface area contributed by atoms with Crippen LogP contribution in [0.2, 0.25) is 0 Å². The third-order valence-electron chi connectivity index (χ3n) is 5.84. The summed E-state index contributed by atoms with van der Waals surface area (Å²) < 4.78 is 15.1. The summed E-state index contributed by atoms with van der Waals surface area (Å²) >= 11 is 1.53. The van der Waals surface area contributed by atoms with E-state index in [4.69, 9.17) is 16.0 Å². The predicted molar refractivity (Wildman–Crippen MR) is 116 cm³/mol. The first-order valence-corrected chi connectivity index (χ1v) is 11.0. The van der Waals surface area contributed by atoms with Gasteiger partial charge in [0.2, 0.25) is 0 Å². The first-order valence-electron chi connectivity index (χ1n) is 9.97. The van der Waals surface area contributed by atoms with Crippen molar-refractivity contribution in [3.8, 4) is 6.07 Å². The van der Waals surface area contributed by atoms with Crippen LogP contribution in [-0.2, 0) is 5.54 Å². The molecule has 4 rings (SSSR count). The summed E-state index contributed by atoms with van der Waals surface area (Å²) in [7, 11) is 0. The van der Waals surface area contributed by atoms with E-state index in [9.17, 15) is 4.79 Å². The van der Waals surface area contributed by atoms with Crippen molar-refractivity contribution in [2.45, 2.75) is 37.6 Å². The van der Waals surface area contributed by atoms with Crippen LogP contribution >= 0.6 is 11.8 Å². The molecule has 1 amide bonds. The van der Waals surface area contributed by atoms with Gasteiger partial charge < -0.3 is 11.1 Å². The van der Waals surface area contributed by atoms with Gasteiger partial charge in [-0.2, -0.15) is 5.26 Å². The number of amidine groups is 1. The number of hydrogen-bond acceptors (Lipinski definition) is 6. The minimum absolute atomic E-state index is 0.182. The number of nitrogens with two attached hydrogens (primary N) is 1. The van der Waals surface area contributed by atoms with Crippen LogP contribution in [0.25, 0.3) is 0 Å². The van der Waals surface area contributed by atoms with Crippen LogP contribution in [-0.4, -0.2) is 21.8 Å². The largest absolute Gasteiger partial charge is 0.379 e. The van der Waals surface area contributed by atoms with Gasteiger partial charge in [0.25, 0.3) is 5.91 Å². The summed E-state index contributed by atoms with van der Waals surface area (Å²) in [6.07, 6.45) is 6.23. The summed E-state index contributed by atoms with van der Waals surface area (Å²) in [5.74, 6) is 0.271. The standard InChI is InChI=1S/C22H22FN5OS/c23-18-7-6-16(27-20(29)19-8-5-14(11-24)12-26-19)10-17(18)22-9-3-1-2-4-15(22)13-30-21(25)28-22/h5-8,10,12,15H,1-4,9,13H2,(H2,25,28)(H,27,29)/t15-,22-/m0/s1. The maximum atomic E-state index is 15.1. The van der Waals surface area contributed by atoms with E-state index in [0.717, 1.165) is 37.9 Å². The van der Waals surface area contributed by atoms with E-state index in [0.29, 0.717) is 22.0 Å². The SMILES string of the molecule is N#Cc1ccc(C(=O)Nc2ccc(F)c([C@]34CCCCC[C@H]3CSC(N)=N4)c2)nc1. The molecule has 1 aliphatic carbocycles. The summed E-state index contributed by atoms with van der Waals surface area (Å²) in [6, 6.07) is 9.58. The highest BCUT2D eigenvalue weighted by Crippen LogP contribution is 2.49. The Bertz CT molecular complexity index is 1030. The second-order valence-corrected chi connectivity index (χ2v) is 8.71. The van der Waals surface area contributed by atoms with Crippen molar-refractivity contribution in [2.75, 3.05) is 11.1 Å². The molecule has 0 saturated heterocycles. The first-order chi connectivity index (χ1) is 14.5. The number of nitrogens with zero attached hydrogens (tertiary/aromatic N) is 3. The predicted octanol–water partition coefficient (Wildman–Crippen LogP) is 4.18. The van der Waals surface area contributed by atoms with Gasteiger partial charge in [-0.3, -0.25) is 9.79 Å². The van der Waals surface area contributed by atoms with Crippen LogP contribution < -0.4 is 11.1 Å². The zero-order valence-corrected chi connectivity index (χ0v) is 17.2. The number of fused-ring (bicyclic) bond motifs is 1. The molecule has 30 heavy (non-hydrogen) atoms. The molecule has 2 aromatic rings. The van der Waals surface area contributed by atoms with Crippen molar-refractivity contribution in [3.63, 3.8) is 0 Å². The quantitative estimate of drug-likeness (QED) is 0.771. The van der Waals surface area contributed by atoms with Gasteiger partial charge in [-0.1, -0.05) is 31.0 Å². The minimum atomic E-state index is -0.691. The van der Waals surface area contributed by atoms with Crippen LogP contribution in [0.5, 0.6) is 0 Å². The van der Waals surface area contributed by atoms with Gasteiger partial charge in [0.15, 0.2) is 5.17 Å². The van der Waals surface area contributed by atoms with Crippen LogP contribution in [0.15, 0.2) is 41.5 Å². The highest BCUT2D eigenvalue weighted by molar-refractivity contribution is 8.13. The van der Waals surface area contributed by atoms with Crippen LogP contribution in [0.3, 0.4) is 0 Å². The number of benzene rings is 1. The average molecular weight is 424 g/mol. The summed E-state index contributed by atoms with van der Waals surface area (Å²) in [5.41, 5.74) is 6.91. The lowest BCUT2D eigenvalue weighted by Gasteiger charge is -2.40. The Labute approximate surface area is 178 Å². The number of aliphatic imine (C=N–C) groups is 1. The van der Waals surface area contributed by atoms with Crippen molar-refractivity contribution in [2.24, 2.45) is 16.6 Å². The Hall–Kier alpha value is -2.92. The summed E-state index contributed by atoms with van der Waals surface area (Å²) in [6.45, 7) is 0. The monoisotopic (exact) mass is 423 g/mol. The zero-order valence-electron chi connectivity index (χ0n) is 16.4. The molecule has 6 nitrogen and oxygen atoms in total. The van der Waals surface area contributed by atoms with E-state index < -0.39 is 11.4 Å². The molecule has 8 heteroatoms. The molecule has 154 valence electrons. The molecule has 1 fully saturated rings. The van der Waals surface area contributed by atoms with E-state index in [1.165, 1.54) is 42.2 Å². The number of thioether (sulfide) groups is 1. The van der Waals surface area contributed by atoms with Crippen LogP contribution in [0.1, 0.15) is 53.7 Å². The molecule has 1 aliphatic heterocycles. The van der Waals surface area contributed by atoms with Crippen molar-refractivity contribution < 1.29 is 9.18 Å². The number of anilines is 1. The second kappa shape index (κ2) is 8.44.